The highest BCUT2D eigenvalue weighted by Gasteiger charge is 2.21. The Bertz CT molecular complexity index is 375. The van der Waals surface area contributed by atoms with Crippen LogP contribution in [0.5, 0.6) is 0 Å². The van der Waals surface area contributed by atoms with Crippen molar-refractivity contribution >= 4 is 5.97 Å². The summed E-state index contributed by atoms with van der Waals surface area (Å²) in [5, 5.41) is 22.3. The molecule has 6 heteroatoms. The second kappa shape index (κ2) is 3.98. The van der Waals surface area contributed by atoms with E-state index in [1.54, 1.807) is 4.68 Å². The number of hydrogen-bond acceptors (Lipinski definition) is 4. The number of fused-ring (bicyclic) bond motifs is 1. The molecule has 0 fully saturated rings. The van der Waals surface area contributed by atoms with Crippen molar-refractivity contribution in [3.8, 4) is 0 Å². The number of carboxylic acid groups (broad SMARTS) is 1. The molecule has 2 N–H and O–H groups in total. The molecular formula is C9H13N3O3. The summed E-state index contributed by atoms with van der Waals surface area (Å²) in [7, 11) is 0. The van der Waals surface area contributed by atoms with E-state index in [2.05, 4.69) is 10.1 Å². The highest BCUT2D eigenvalue weighted by atomic mass is 16.4. The number of rotatable bonds is 3. The Kier molecular flexibility index (Phi) is 2.68. The normalized spacial score (nSPS) is 19.9. The van der Waals surface area contributed by atoms with Crippen molar-refractivity contribution in [1.29, 1.82) is 0 Å². The minimum Gasteiger partial charge on any atom is -0.481 e. The highest BCUT2D eigenvalue weighted by molar-refractivity contribution is 5.66. The summed E-state index contributed by atoms with van der Waals surface area (Å²) in [5.74, 6) is 0.221. The van der Waals surface area contributed by atoms with Crippen molar-refractivity contribution < 1.29 is 15.0 Å². The second-order valence-electron chi connectivity index (χ2n) is 3.66. The number of aliphatic hydroxyl groups excluding tert-OH is 1. The van der Waals surface area contributed by atoms with Gasteiger partial charge in [0, 0.05) is 13.0 Å². The molecule has 1 aromatic rings. The lowest BCUT2D eigenvalue weighted by Crippen LogP contribution is -2.16. The van der Waals surface area contributed by atoms with Crippen LogP contribution in [0.3, 0.4) is 0 Å². The van der Waals surface area contributed by atoms with Gasteiger partial charge < -0.3 is 10.2 Å². The molecule has 1 atom stereocenters. The Morgan fingerprint density at radius 1 is 1.60 bits per heavy atom. The molecule has 2 heterocycles. The minimum atomic E-state index is -0.858. The van der Waals surface area contributed by atoms with E-state index in [1.165, 1.54) is 0 Å². The van der Waals surface area contributed by atoms with Gasteiger partial charge in [0.2, 0.25) is 0 Å². The number of nitrogens with zero attached hydrogens (tertiary/aromatic N) is 3. The number of aryl methyl sites for hydroxylation is 2. The Labute approximate surface area is 86.6 Å². The fourth-order valence-electron chi connectivity index (χ4n) is 1.70. The van der Waals surface area contributed by atoms with E-state index in [0.717, 1.165) is 13.0 Å². The summed E-state index contributed by atoms with van der Waals surface area (Å²) >= 11 is 0. The smallest absolute Gasteiger partial charge is 0.303 e. The Hall–Kier alpha value is -1.43. The molecule has 0 amide bonds. The van der Waals surface area contributed by atoms with Gasteiger partial charge in [0.05, 0.1) is 6.42 Å². The molecule has 0 aromatic carbocycles. The monoisotopic (exact) mass is 211 g/mol. The molecule has 15 heavy (non-hydrogen) atoms. The Morgan fingerprint density at radius 2 is 2.40 bits per heavy atom. The second-order valence-corrected chi connectivity index (χ2v) is 3.66. The number of carboxylic acids is 1. The summed E-state index contributed by atoms with van der Waals surface area (Å²) in [4.78, 5) is 14.5. The first-order valence-electron chi connectivity index (χ1n) is 5.00. The van der Waals surface area contributed by atoms with Gasteiger partial charge >= 0.3 is 5.97 Å². The Morgan fingerprint density at radius 3 is 3.07 bits per heavy atom. The molecule has 0 radical (unpaired) electrons. The predicted octanol–water partition coefficient (Wildman–Crippen LogP) is 0.122. The summed E-state index contributed by atoms with van der Waals surface area (Å²) in [6.45, 7) is 0.756. The van der Waals surface area contributed by atoms with Crippen LogP contribution < -0.4 is 0 Å². The fraction of sp³-hybridized carbons (Fsp3) is 0.667. The summed E-state index contributed by atoms with van der Waals surface area (Å²) in [6.07, 6.45) is 1.39. The van der Waals surface area contributed by atoms with Crippen LogP contribution in [0.2, 0.25) is 0 Å². The first kappa shape index (κ1) is 10.1. The average Bonchev–Trinajstić information content (AvgIpc) is 2.59. The van der Waals surface area contributed by atoms with Crippen LogP contribution in [0, 0.1) is 0 Å². The molecular weight excluding hydrogens is 198 g/mol. The van der Waals surface area contributed by atoms with Crippen LogP contribution in [0.4, 0.5) is 0 Å². The van der Waals surface area contributed by atoms with E-state index in [0.29, 0.717) is 24.5 Å². The molecule has 82 valence electrons. The predicted molar refractivity (Wildman–Crippen MR) is 50.2 cm³/mol. The van der Waals surface area contributed by atoms with Gasteiger partial charge in [0.15, 0.2) is 11.6 Å². The van der Waals surface area contributed by atoms with E-state index in [1.807, 2.05) is 0 Å². The zero-order valence-electron chi connectivity index (χ0n) is 8.26. The van der Waals surface area contributed by atoms with E-state index >= 15 is 0 Å². The maximum absolute atomic E-state index is 10.4. The van der Waals surface area contributed by atoms with Crippen LogP contribution >= 0.6 is 0 Å². The lowest BCUT2D eigenvalue weighted by atomic mass is 10.1. The standard InChI is InChI=1S/C9H13N3O3/c13-6-2-1-5-12-9(6)10-7(11-12)3-4-8(14)15/h6,13H,1-5H2,(H,14,15). The van der Waals surface area contributed by atoms with E-state index in [4.69, 9.17) is 5.11 Å². The van der Waals surface area contributed by atoms with Crippen LogP contribution in [0.1, 0.15) is 37.0 Å². The molecule has 1 aliphatic rings. The molecule has 0 spiro atoms. The summed E-state index contributed by atoms with van der Waals surface area (Å²) in [5.41, 5.74) is 0. The lowest BCUT2D eigenvalue weighted by Gasteiger charge is -2.16. The van der Waals surface area contributed by atoms with Crippen molar-refractivity contribution in [3.05, 3.63) is 11.6 Å². The van der Waals surface area contributed by atoms with Gasteiger partial charge in [0.1, 0.15) is 6.10 Å². The van der Waals surface area contributed by atoms with Gasteiger partial charge in [0.25, 0.3) is 0 Å². The van der Waals surface area contributed by atoms with Crippen molar-refractivity contribution in [2.24, 2.45) is 0 Å². The van der Waals surface area contributed by atoms with Crippen molar-refractivity contribution in [1.82, 2.24) is 14.8 Å². The summed E-state index contributed by atoms with van der Waals surface area (Å²) in [6, 6.07) is 0. The first-order chi connectivity index (χ1) is 7.16. The highest BCUT2D eigenvalue weighted by Crippen LogP contribution is 2.22. The number of aliphatic carboxylic acids is 1. The van der Waals surface area contributed by atoms with Crippen LogP contribution in [-0.4, -0.2) is 30.9 Å². The summed E-state index contributed by atoms with van der Waals surface area (Å²) < 4.78 is 1.67. The molecule has 0 aliphatic carbocycles. The zero-order chi connectivity index (χ0) is 10.8. The van der Waals surface area contributed by atoms with Crippen LogP contribution in [0.15, 0.2) is 0 Å². The van der Waals surface area contributed by atoms with Crippen molar-refractivity contribution in [2.45, 2.75) is 38.3 Å². The van der Waals surface area contributed by atoms with E-state index in [9.17, 15) is 9.90 Å². The zero-order valence-corrected chi connectivity index (χ0v) is 8.26. The maximum Gasteiger partial charge on any atom is 0.303 e. The molecule has 1 aliphatic heterocycles. The molecule has 1 unspecified atom stereocenters. The number of aliphatic hydroxyl groups is 1. The first-order valence-corrected chi connectivity index (χ1v) is 5.00. The third-order valence-corrected chi connectivity index (χ3v) is 2.45. The lowest BCUT2D eigenvalue weighted by molar-refractivity contribution is -0.137. The molecule has 0 saturated carbocycles. The maximum atomic E-state index is 10.4. The largest absolute Gasteiger partial charge is 0.481 e. The number of carbonyl (C=O) groups is 1. The Balaban J connectivity index is 2.11. The van der Waals surface area contributed by atoms with E-state index < -0.39 is 12.1 Å². The third-order valence-electron chi connectivity index (χ3n) is 2.45. The molecule has 0 bridgehead atoms. The van der Waals surface area contributed by atoms with Gasteiger partial charge in [-0.05, 0) is 12.8 Å². The van der Waals surface area contributed by atoms with Crippen LogP contribution in [0.25, 0.3) is 0 Å². The quantitative estimate of drug-likeness (QED) is 0.741. The van der Waals surface area contributed by atoms with Gasteiger partial charge in [-0.2, -0.15) is 5.10 Å². The van der Waals surface area contributed by atoms with Crippen LogP contribution in [-0.2, 0) is 17.8 Å². The molecule has 1 aromatic heterocycles. The van der Waals surface area contributed by atoms with Crippen molar-refractivity contribution in [2.75, 3.05) is 0 Å². The van der Waals surface area contributed by atoms with Gasteiger partial charge in [-0.15, -0.1) is 0 Å². The van der Waals surface area contributed by atoms with Gasteiger partial charge in [-0.25, -0.2) is 9.67 Å². The topological polar surface area (TPSA) is 88.2 Å². The molecule has 6 nitrogen and oxygen atoms in total. The number of hydrogen-bond donors (Lipinski definition) is 2. The third kappa shape index (κ3) is 2.15. The molecule has 0 saturated heterocycles. The molecule has 2 rings (SSSR count). The van der Waals surface area contributed by atoms with Crippen molar-refractivity contribution in [3.63, 3.8) is 0 Å². The van der Waals surface area contributed by atoms with E-state index in [-0.39, 0.29) is 6.42 Å². The van der Waals surface area contributed by atoms with Gasteiger partial charge in [-0.3, -0.25) is 4.79 Å². The average molecular weight is 211 g/mol. The number of aromatic nitrogens is 3. The SMILES string of the molecule is O=C(O)CCc1nc2n(n1)CCCC2O. The fourth-order valence-corrected chi connectivity index (χ4v) is 1.70. The van der Waals surface area contributed by atoms with Gasteiger partial charge in [-0.1, -0.05) is 0 Å². The minimum absolute atomic E-state index is 0.0273.